The van der Waals surface area contributed by atoms with Crippen LogP contribution >= 0.6 is 11.8 Å². The number of rotatable bonds is 15. The van der Waals surface area contributed by atoms with E-state index < -0.39 is 54.0 Å². The second kappa shape index (κ2) is 15.2. The zero-order valence-electron chi connectivity index (χ0n) is 23.0. The molecule has 0 aliphatic heterocycles. The van der Waals surface area contributed by atoms with E-state index in [-0.39, 0.29) is 19.3 Å². The molecule has 0 aliphatic carbocycles. The highest BCUT2D eigenvalue weighted by Gasteiger charge is 2.31. The van der Waals surface area contributed by atoms with Crippen molar-refractivity contribution in [2.24, 2.45) is 5.73 Å². The summed E-state index contributed by atoms with van der Waals surface area (Å²) >= 11 is 1.47. The molecule has 2 aromatic carbocycles. The van der Waals surface area contributed by atoms with Gasteiger partial charge in [-0.2, -0.15) is 11.8 Å². The number of hydrogen-bond donors (Lipinski definition) is 7. The van der Waals surface area contributed by atoms with Gasteiger partial charge in [-0.25, -0.2) is 4.79 Å². The molecule has 12 heteroatoms. The average Bonchev–Trinajstić information content (AvgIpc) is 3.36. The van der Waals surface area contributed by atoms with Crippen LogP contribution in [-0.2, 0) is 32.0 Å². The van der Waals surface area contributed by atoms with Crippen LogP contribution < -0.4 is 21.7 Å². The summed E-state index contributed by atoms with van der Waals surface area (Å²) in [6.07, 6.45) is 2.83. The molecule has 8 N–H and O–H groups in total. The molecule has 1 heterocycles. The van der Waals surface area contributed by atoms with Crippen molar-refractivity contribution in [3.63, 3.8) is 0 Å². The Morgan fingerprint density at radius 3 is 2.15 bits per heavy atom. The van der Waals surface area contributed by atoms with Crippen LogP contribution in [0.2, 0.25) is 0 Å². The van der Waals surface area contributed by atoms with Gasteiger partial charge >= 0.3 is 5.97 Å². The summed E-state index contributed by atoms with van der Waals surface area (Å²) < 4.78 is 0. The number of nitrogens with two attached hydrogens (primary N) is 1. The van der Waals surface area contributed by atoms with Crippen LogP contribution in [0.1, 0.15) is 24.5 Å². The van der Waals surface area contributed by atoms with Gasteiger partial charge in [0.15, 0.2) is 0 Å². The number of aliphatic carboxylic acids is 1. The van der Waals surface area contributed by atoms with Crippen molar-refractivity contribution in [3.05, 3.63) is 71.9 Å². The Bertz CT molecular complexity index is 1330. The van der Waals surface area contributed by atoms with Gasteiger partial charge in [-0.1, -0.05) is 48.5 Å². The zero-order valence-corrected chi connectivity index (χ0v) is 23.8. The highest BCUT2D eigenvalue weighted by atomic mass is 32.2. The van der Waals surface area contributed by atoms with E-state index in [4.69, 9.17) is 5.73 Å². The number of fused-ring (bicyclic) bond motifs is 1. The number of H-pyrrole nitrogens is 1. The minimum absolute atomic E-state index is 0.0710. The number of hydrogen-bond acceptors (Lipinski definition) is 7. The Labute approximate surface area is 242 Å². The van der Waals surface area contributed by atoms with Gasteiger partial charge in [-0.3, -0.25) is 14.4 Å². The zero-order chi connectivity index (χ0) is 29.9. The number of amides is 3. The van der Waals surface area contributed by atoms with Gasteiger partial charge in [-0.15, -0.1) is 0 Å². The first-order valence-corrected chi connectivity index (χ1v) is 14.7. The lowest BCUT2D eigenvalue weighted by atomic mass is 10.0. The molecular formula is C29H37N5O6S. The summed E-state index contributed by atoms with van der Waals surface area (Å²) in [7, 11) is 0. The topological polar surface area (TPSA) is 187 Å². The molecule has 0 aliphatic rings. The highest BCUT2D eigenvalue weighted by molar-refractivity contribution is 7.98. The summed E-state index contributed by atoms with van der Waals surface area (Å²) in [5, 5.41) is 28.3. The van der Waals surface area contributed by atoms with Gasteiger partial charge < -0.3 is 36.9 Å². The fourth-order valence-corrected chi connectivity index (χ4v) is 4.79. The number of carboxylic acids is 1. The van der Waals surface area contributed by atoms with E-state index in [2.05, 4.69) is 20.9 Å². The van der Waals surface area contributed by atoms with Gasteiger partial charge in [0.1, 0.15) is 24.2 Å². The number of aliphatic hydroxyl groups is 1. The summed E-state index contributed by atoms with van der Waals surface area (Å²) in [5.41, 5.74) is 8.15. The van der Waals surface area contributed by atoms with Crippen molar-refractivity contribution in [1.29, 1.82) is 0 Å². The number of carbonyl (C=O) groups is 4. The molecule has 3 aromatic rings. The number of thioether (sulfide) groups is 1. The highest BCUT2D eigenvalue weighted by Crippen LogP contribution is 2.19. The van der Waals surface area contributed by atoms with Crippen molar-refractivity contribution in [2.75, 3.05) is 12.0 Å². The number of carboxylic acid groups (broad SMARTS) is 1. The van der Waals surface area contributed by atoms with Crippen LogP contribution in [0.25, 0.3) is 10.9 Å². The quantitative estimate of drug-likeness (QED) is 0.138. The number of benzene rings is 2. The van der Waals surface area contributed by atoms with E-state index in [0.29, 0.717) is 5.75 Å². The number of para-hydroxylation sites is 1. The van der Waals surface area contributed by atoms with Crippen LogP contribution in [0, 0.1) is 0 Å². The number of aromatic amines is 1. The van der Waals surface area contributed by atoms with Gasteiger partial charge in [-0.05, 0) is 42.5 Å². The molecule has 11 nitrogen and oxygen atoms in total. The molecule has 0 saturated heterocycles. The fraction of sp³-hybridized carbons (Fsp3) is 0.379. The predicted octanol–water partition coefficient (Wildman–Crippen LogP) is 0.953. The van der Waals surface area contributed by atoms with Crippen molar-refractivity contribution in [3.8, 4) is 0 Å². The number of nitrogens with one attached hydrogen (secondary N) is 4. The SMILES string of the molecule is CSCCC(NC(=O)C(Cc1c[nH]c2ccccc12)NC(=O)C(N)C(C)O)C(=O)NC(Cc1ccccc1)C(=O)O. The smallest absolute Gasteiger partial charge is 0.326 e. The van der Waals surface area contributed by atoms with Gasteiger partial charge in [0.25, 0.3) is 0 Å². The van der Waals surface area contributed by atoms with Gasteiger partial charge in [0.05, 0.1) is 6.10 Å². The molecule has 3 rings (SSSR count). The van der Waals surface area contributed by atoms with E-state index in [1.807, 2.05) is 36.6 Å². The normalized spacial score (nSPS) is 14.8. The van der Waals surface area contributed by atoms with Crippen LogP contribution in [0.5, 0.6) is 0 Å². The maximum absolute atomic E-state index is 13.6. The molecule has 0 saturated carbocycles. The van der Waals surface area contributed by atoms with Crippen molar-refractivity contribution in [2.45, 2.75) is 56.5 Å². The summed E-state index contributed by atoms with van der Waals surface area (Å²) in [6, 6.07) is 11.7. The minimum Gasteiger partial charge on any atom is -0.480 e. The van der Waals surface area contributed by atoms with Crippen molar-refractivity contribution >= 4 is 46.4 Å². The molecule has 0 fully saturated rings. The van der Waals surface area contributed by atoms with Crippen LogP contribution in [-0.4, -0.2) is 81.2 Å². The Balaban J connectivity index is 1.81. The molecule has 41 heavy (non-hydrogen) atoms. The molecular weight excluding hydrogens is 546 g/mol. The first kappa shape index (κ1) is 31.7. The monoisotopic (exact) mass is 583 g/mol. The first-order chi connectivity index (χ1) is 19.6. The maximum atomic E-state index is 13.6. The van der Waals surface area contributed by atoms with E-state index >= 15 is 0 Å². The van der Waals surface area contributed by atoms with Crippen molar-refractivity contribution < 1.29 is 29.4 Å². The number of aliphatic hydroxyl groups excluding tert-OH is 1. The molecule has 3 amide bonds. The van der Waals surface area contributed by atoms with E-state index in [1.54, 1.807) is 30.5 Å². The predicted molar refractivity (Wildman–Crippen MR) is 158 cm³/mol. The third kappa shape index (κ3) is 9.07. The molecule has 0 radical (unpaired) electrons. The number of carbonyl (C=O) groups excluding carboxylic acids is 3. The number of aromatic nitrogens is 1. The molecule has 5 atom stereocenters. The lowest BCUT2D eigenvalue weighted by Crippen LogP contribution is -2.58. The minimum atomic E-state index is -1.27. The second-order valence-corrected chi connectivity index (χ2v) is 10.8. The first-order valence-electron chi connectivity index (χ1n) is 13.3. The van der Waals surface area contributed by atoms with Crippen LogP contribution in [0.3, 0.4) is 0 Å². The third-order valence-electron chi connectivity index (χ3n) is 6.70. The summed E-state index contributed by atoms with van der Waals surface area (Å²) in [5.74, 6) is -2.69. The second-order valence-electron chi connectivity index (χ2n) is 9.82. The lowest BCUT2D eigenvalue weighted by molar-refractivity contribution is -0.142. The summed E-state index contributed by atoms with van der Waals surface area (Å²) in [4.78, 5) is 54.7. The van der Waals surface area contributed by atoms with E-state index in [0.717, 1.165) is 22.0 Å². The Kier molecular flexibility index (Phi) is 11.7. The maximum Gasteiger partial charge on any atom is 0.326 e. The lowest BCUT2D eigenvalue weighted by Gasteiger charge is -2.25. The molecule has 1 aromatic heterocycles. The Morgan fingerprint density at radius 2 is 1.49 bits per heavy atom. The molecule has 0 bridgehead atoms. The molecule has 0 spiro atoms. The van der Waals surface area contributed by atoms with Gasteiger partial charge in [0, 0.05) is 29.9 Å². The van der Waals surface area contributed by atoms with Crippen LogP contribution in [0.15, 0.2) is 60.8 Å². The Morgan fingerprint density at radius 1 is 0.878 bits per heavy atom. The van der Waals surface area contributed by atoms with Crippen molar-refractivity contribution in [1.82, 2.24) is 20.9 Å². The van der Waals surface area contributed by atoms with Gasteiger partial charge in [0.2, 0.25) is 17.7 Å². The average molecular weight is 584 g/mol. The van der Waals surface area contributed by atoms with E-state index in [9.17, 15) is 29.4 Å². The molecule has 5 unspecified atom stereocenters. The van der Waals surface area contributed by atoms with E-state index in [1.165, 1.54) is 18.7 Å². The fourth-order valence-electron chi connectivity index (χ4n) is 4.32. The molecule has 220 valence electrons. The third-order valence-corrected chi connectivity index (χ3v) is 7.34. The Hall–Kier alpha value is -3.87. The summed E-state index contributed by atoms with van der Waals surface area (Å²) in [6.45, 7) is 1.37. The standard InChI is InChI=1S/C29H37N5O6S/c1-17(35)25(30)28(38)33-23(15-19-16-31-21-11-7-6-10-20(19)21)27(37)32-22(12-13-41-2)26(36)34-24(29(39)40)14-18-8-4-3-5-9-18/h3-11,16-17,22-25,31,35H,12-15,30H2,1-2H3,(H,32,37)(H,33,38)(H,34,36)(H,39,40). The van der Waals surface area contributed by atoms with Crippen LogP contribution in [0.4, 0.5) is 0 Å². The largest absolute Gasteiger partial charge is 0.480 e.